The summed E-state index contributed by atoms with van der Waals surface area (Å²) < 4.78 is 6.66. The molecule has 2 aromatic carbocycles. The molecule has 0 heterocycles. The average molecular weight is 418 g/mol. The second-order valence-corrected chi connectivity index (χ2v) is 10.4. The summed E-state index contributed by atoms with van der Waals surface area (Å²) in [4.78, 5) is 12.9. The number of rotatable bonds is 8. The van der Waals surface area contributed by atoms with Gasteiger partial charge in [-0.05, 0) is 74.3 Å². The number of nitrogens with one attached hydrogen (secondary N) is 1. The highest BCUT2D eigenvalue weighted by atomic mass is 16.5. The van der Waals surface area contributed by atoms with Crippen LogP contribution in [0.3, 0.4) is 0 Å². The van der Waals surface area contributed by atoms with Crippen molar-refractivity contribution in [1.82, 2.24) is 5.32 Å². The summed E-state index contributed by atoms with van der Waals surface area (Å²) in [6.45, 7) is 2.72. The van der Waals surface area contributed by atoms with Gasteiger partial charge in [0.05, 0.1) is 11.7 Å². The van der Waals surface area contributed by atoms with Crippen LogP contribution in [-0.2, 0) is 9.53 Å². The van der Waals surface area contributed by atoms with Crippen molar-refractivity contribution in [2.24, 2.45) is 17.8 Å². The lowest BCUT2D eigenvalue weighted by Gasteiger charge is -2.57. The molecule has 4 bridgehead atoms. The molecule has 0 saturated heterocycles. The first kappa shape index (κ1) is 20.8. The van der Waals surface area contributed by atoms with Crippen LogP contribution in [0, 0.1) is 17.8 Å². The Labute approximate surface area is 186 Å². The molecule has 164 valence electrons. The van der Waals surface area contributed by atoms with Gasteiger partial charge in [-0.15, -0.1) is 0 Å². The zero-order valence-electron chi connectivity index (χ0n) is 18.6. The van der Waals surface area contributed by atoms with E-state index < -0.39 is 0 Å². The Morgan fingerprint density at radius 2 is 1.39 bits per heavy atom. The second kappa shape index (κ2) is 8.78. The van der Waals surface area contributed by atoms with E-state index in [1.54, 1.807) is 0 Å². The van der Waals surface area contributed by atoms with Gasteiger partial charge in [0.25, 0.3) is 0 Å². The molecule has 1 amide bonds. The van der Waals surface area contributed by atoms with Crippen LogP contribution in [0.1, 0.15) is 68.9 Å². The molecule has 0 aromatic heterocycles. The number of amides is 1. The fourth-order valence-corrected chi connectivity index (χ4v) is 6.96. The van der Waals surface area contributed by atoms with Gasteiger partial charge in [0, 0.05) is 18.9 Å². The molecule has 1 atom stereocenters. The van der Waals surface area contributed by atoms with Gasteiger partial charge in [-0.2, -0.15) is 0 Å². The minimum Gasteiger partial charge on any atom is -0.370 e. The first-order valence-electron chi connectivity index (χ1n) is 12.1. The quantitative estimate of drug-likeness (QED) is 0.598. The monoisotopic (exact) mass is 417 g/mol. The highest BCUT2D eigenvalue weighted by Crippen LogP contribution is 2.57. The summed E-state index contributed by atoms with van der Waals surface area (Å²) in [6, 6.07) is 20.7. The van der Waals surface area contributed by atoms with E-state index in [0.29, 0.717) is 13.0 Å². The van der Waals surface area contributed by atoms with E-state index in [0.717, 1.165) is 17.8 Å². The topological polar surface area (TPSA) is 38.3 Å². The van der Waals surface area contributed by atoms with Gasteiger partial charge in [-0.3, -0.25) is 4.79 Å². The standard InChI is InChI=1S/C28H35NO2/c1-20(31-28-16-21-12-22(17-28)14-23(13-21)18-28)19-29-27(30)15-26(24-8-4-2-5-9-24)25-10-6-3-7-11-25/h2-11,20-23,26H,12-19H2,1H3,(H,29,30)/t20-,21?,22?,23?,28?/m1/s1. The van der Waals surface area contributed by atoms with Gasteiger partial charge in [-0.25, -0.2) is 0 Å². The van der Waals surface area contributed by atoms with Crippen LogP contribution in [0.25, 0.3) is 0 Å². The van der Waals surface area contributed by atoms with Crippen molar-refractivity contribution in [3.8, 4) is 0 Å². The number of ether oxygens (including phenoxy) is 1. The maximum absolute atomic E-state index is 12.9. The molecule has 0 spiro atoms. The molecule has 0 radical (unpaired) electrons. The largest absolute Gasteiger partial charge is 0.370 e. The van der Waals surface area contributed by atoms with E-state index in [9.17, 15) is 4.79 Å². The van der Waals surface area contributed by atoms with Gasteiger partial charge in [-0.1, -0.05) is 60.7 Å². The molecule has 2 aromatic rings. The van der Waals surface area contributed by atoms with Crippen LogP contribution >= 0.6 is 0 Å². The van der Waals surface area contributed by atoms with Crippen LogP contribution in [0.2, 0.25) is 0 Å². The number of benzene rings is 2. The minimum absolute atomic E-state index is 0.0621. The summed E-state index contributed by atoms with van der Waals surface area (Å²) >= 11 is 0. The Morgan fingerprint density at radius 3 is 1.87 bits per heavy atom. The first-order chi connectivity index (χ1) is 15.1. The van der Waals surface area contributed by atoms with E-state index in [-0.39, 0.29) is 23.5 Å². The lowest BCUT2D eigenvalue weighted by atomic mass is 9.54. The number of carbonyl (C=O) groups is 1. The van der Waals surface area contributed by atoms with Crippen molar-refractivity contribution < 1.29 is 9.53 Å². The van der Waals surface area contributed by atoms with Crippen LogP contribution in [0.5, 0.6) is 0 Å². The van der Waals surface area contributed by atoms with Crippen LogP contribution in [0.4, 0.5) is 0 Å². The Balaban J connectivity index is 1.18. The molecule has 0 aliphatic heterocycles. The maximum atomic E-state index is 12.9. The van der Waals surface area contributed by atoms with Gasteiger partial charge in [0.1, 0.15) is 0 Å². The lowest BCUT2D eigenvalue weighted by molar-refractivity contribution is -0.183. The molecule has 3 heteroatoms. The summed E-state index contributed by atoms with van der Waals surface area (Å²) in [5, 5.41) is 3.17. The maximum Gasteiger partial charge on any atom is 0.221 e. The molecule has 3 nitrogen and oxygen atoms in total. The SMILES string of the molecule is C[C@H](CNC(=O)CC(c1ccccc1)c1ccccc1)OC12CC3CC(CC(C3)C1)C2. The molecule has 0 unspecified atom stereocenters. The van der Waals surface area contributed by atoms with Gasteiger partial charge in [0.15, 0.2) is 0 Å². The minimum atomic E-state index is 0.0621. The zero-order valence-corrected chi connectivity index (χ0v) is 18.6. The number of carbonyl (C=O) groups excluding carboxylic acids is 1. The van der Waals surface area contributed by atoms with Crippen LogP contribution in [-0.4, -0.2) is 24.2 Å². The molecule has 4 fully saturated rings. The highest BCUT2D eigenvalue weighted by Gasteiger charge is 2.52. The first-order valence-corrected chi connectivity index (χ1v) is 12.1. The van der Waals surface area contributed by atoms with Crippen molar-refractivity contribution in [2.75, 3.05) is 6.54 Å². The molecular weight excluding hydrogens is 382 g/mol. The molecule has 4 aliphatic carbocycles. The predicted molar refractivity (Wildman–Crippen MR) is 124 cm³/mol. The molecule has 4 saturated carbocycles. The third kappa shape index (κ3) is 4.72. The summed E-state index contributed by atoms with van der Waals surface area (Å²) in [5.74, 6) is 2.81. The third-order valence-corrected chi connectivity index (χ3v) is 7.81. The van der Waals surface area contributed by atoms with Crippen LogP contribution in [0.15, 0.2) is 60.7 Å². The fraction of sp³-hybridized carbons (Fsp3) is 0.536. The smallest absolute Gasteiger partial charge is 0.221 e. The average Bonchev–Trinajstić information content (AvgIpc) is 2.76. The molecule has 4 aliphatic rings. The third-order valence-electron chi connectivity index (χ3n) is 7.81. The van der Waals surface area contributed by atoms with Crippen molar-refractivity contribution in [2.45, 2.75) is 69.5 Å². The fourth-order valence-electron chi connectivity index (χ4n) is 6.96. The molecule has 6 rings (SSSR count). The van der Waals surface area contributed by atoms with E-state index in [2.05, 4.69) is 36.5 Å². The molecular formula is C28H35NO2. The van der Waals surface area contributed by atoms with Crippen LogP contribution < -0.4 is 5.32 Å². The van der Waals surface area contributed by atoms with E-state index >= 15 is 0 Å². The van der Waals surface area contributed by atoms with E-state index in [1.807, 2.05) is 36.4 Å². The van der Waals surface area contributed by atoms with E-state index in [1.165, 1.54) is 49.7 Å². The Hall–Kier alpha value is -2.13. The zero-order chi connectivity index (χ0) is 21.3. The summed E-state index contributed by atoms with van der Waals surface area (Å²) in [7, 11) is 0. The lowest BCUT2D eigenvalue weighted by Crippen LogP contribution is -2.54. The van der Waals surface area contributed by atoms with Crippen molar-refractivity contribution in [3.05, 3.63) is 71.8 Å². The van der Waals surface area contributed by atoms with Crippen molar-refractivity contribution in [1.29, 1.82) is 0 Å². The summed E-state index contributed by atoms with van der Waals surface area (Å²) in [5.41, 5.74) is 2.46. The Kier molecular flexibility index (Phi) is 5.88. The van der Waals surface area contributed by atoms with Gasteiger partial charge < -0.3 is 10.1 Å². The molecule has 31 heavy (non-hydrogen) atoms. The Morgan fingerprint density at radius 1 is 0.903 bits per heavy atom. The Bertz CT molecular complexity index is 804. The van der Waals surface area contributed by atoms with Crippen molar-refractivity contribution >= 4 is 5.91 Å². The second-order valence-electron chi connectivity index (χ2n) is 10.4. The van der Waals surface area contributed by atoms with Crippen molar-refractivity contribution in [3.63, 3.8) is 0 Å². The van der Waals surface area contributed by atoms with Gasteiger partial charge >= 0.3 is 0 Å². The van der Waals surface area contributed by atoms with E-state index in [4.69, 9.17) is 4.74 Å². The normalized spacial score (nSPS) is 29.8. The van der Waals surface area contributed by atoms with Gasteiger partial charge in [0.2, 0.25) is 5.91 Å². The highest BCUT2D eigenvalue weighted by molar-refractivity contribution is 5.77. The molecule has 1 N–H and O–H groups in total. The summed E-state index contributed by atoms with van der Waals surface area (Å²) in [6.07, 6.45) is 8.51. The number of hydrogen-bond donors (Lipinski definition) is 1. The predicted octanol–water partition coefficient (Wildman–Crippen LogP) is 5.70. The number of hydrogen-bond acceptors (Lipinski definition) is 2.